The second-order valence-electron chi connectivity index (χ2n) is 3.72. The van der Waals surface area contributed by atoms with Crippen molar-refractivity contribution >= 4 is 17.4 Å². The summed E-state index contributed by atoms with van der Waals surface area (Å²) in [5.74, 6) is -1.73. The predicted molar refractivity (Wildman–Crippen MR) is 60.3 cm³/mol. The van der Waals surface area contributed by atoms with E-state index >= 15 is 0 Å². The van der Waals surface area contributed by atoms with Crippen molar-refractivity contribution in [1.29, 1.82) is 0 Å². The molecular weight excluding hydrogens is 241 g/mol. The number of rotatable bonds is 4. The summed E-state index contributed by atoms with van der Waals surface area (Å²) in [4.78, 5) is 22.0. The van der Waals surface area contributed by atoms with Crippen LogP contribution in [0, 0.1) is 5.82 Å². The van der Waals surface area contributed by atoms with Crippen LogP contribution in [0.5, 0.6) is 0 Å². The van der Waals surface area contributed by atoms with Gasteiger partial charge in [0.15, 0.2) is 12.5 Å². The lowest BCUT2D eigenvalue weighted by molar-refractivity contribution is -0.136. The zero-order valence-corrected chi connectivity index (χ0v) is 9.27. The average molecular weight is 251 g/mol. The molecule has 0 bridgehead atoms. The molecule has 0 unspecified atom stereocenters. The van der Waals surface area contributed by atoms with Crippen LogP contribution in [0.15, 0.2) is 35.7 Å². The fourth-order valence-corrected chi connectivity index (χ4v) is 1.54. The number of aliphatic carboxylic acids is 1. The minimum atomic E-state index is -1.11. The van der Waals surface area contributed by atoms with Gasteiger partial charge in [-0.25, -0.2) is 4.39 Å². The third kappa shape index (κ3) is 2.65. The first-order valence-electron chi connectivity index (χ1n) is 5.20. The number of ether oxygens (including phenoxy) is 1. The Bertz CT molecular complexity index is 521. The summed E-state index contributed by atoms with van der Waals surface area (Å²) in [5, 5.41) is 11.5. The molecule has 1 aromatic carbocycles. The van der Waals surface area contributed by atoms with Crippen molar-refractivity contribution in [1.82, 2.24) is 0 Å². The number of carboxylic acids is 1. The Morgan fingerprint density at radius 3 is 2.67 bits per heavy atom. The highest BCUT2D eigenvalue weighted by Gasteiger charge is 2.26. The lowest BCUT2D eigenvalue weighted by Crippen LogP contribution is -2.08. The fourth-order valence-electron chi connectivity index (χ4n) is 1.54. The van der Waals surface area contributed by atoms with Gasteiger partial charge in [0.05, 0.1) is 12.0 Å². The van der Waals surface area contributed by atoms with E-state index in [1.165, 1.54) is 24.3 Å². The molecule has 2 N–H and O–H groups in total. The minimum Gasteiger partial charge on any atom is -0.481 e. The Kier molecular flexibility index (Phi) is 3.27. The molecule has 0 saturated heterocycles. The molecule has 6 heteroatoms. The van der Waals surface area contributed by atoms with Gasteiger partial charge in [-0.05, 0) is 24.3 Å². The molecule has 1 aliphatic heterocycles. The number of hydrogen-bond donors (Lipinski definition) is 2. The standard InChI is InChI=1S/C12H10FNO4/c13-7-1-3-8(4-2-7)14-12-9(5-11(16)17)10(15)6-18-12/h1-4,14H,5-6H2,(H,16,17). The van der Waals surface area contributed by atoms with Gasteiger partial charge in [0.1, 0.15) is 5.82 Å². The van der Waals surface area contributed by atoms with Gasteiger partial charge in [0.25, 0.3) is 0 Å². The largest absolute Gasteiger partial charge is 0.481 e. The van der Waals surface area contributed by atoms with Crippen LogP contribution in [0.2, 0.25) is 0 Å². The summed E-state index contributed by atoms with van der Waals surface area (Å²) in [5.41, 5.74) is 0.607. The third-order valence-electron chi connectivity index (χ3n) is 2.39. The van der Waals surface area contributed by atoms with Gasteiger partial charge in [-0.15, -0.1) is 0 Å². The van der Waals surface area contributed by atoms with Crippen molar-refractivity contribution in [3.8, 4) is 0 Å². The first-order chi connectivity index (χ1) is 8.56. The van der Waals surface area contributed by atoms with Crippen molar-refractivity contribution in [2.75, 3.05) is 11.9 Å². The molecular formula is C12H10FNO4. The quantitative estimate of drug-likeness (QED) is 0.848. The predicted octanol–water partition coefficient (Wildman–Crippen LogP) is 1.52. The molecule has 2 rings (SSSR count). The van der Waals surface area contributed by atoms with Gasteiger partial charge in [-0.2, -0.15) is 0 Å². The van der Waals surface area contributed by atoms with Crippen LogP contribution in [0.4, 0.5) is 10.1 Å². The molecule has 1 aliphatic rings. The monoisotopic (exact) mass is 251 g/mol. The molecule has 0 aliphatic carbocycles. The van der Waals surface area contributed by atoms with Crippen LogP contribution in [0.3, 0.4) is 0 Å². The molecule has 0 saturated carbocycles. The van der Waals surface area contributed by atoms with Crippen molar-refractivity contribution in [2.45, 2.75) is 6.42 Å². The van der Waals surface area contributed by atoms with Gasteiger partial charge in [0, 0.05) is 5.69 Å². The second kappa shape index (κ2) is 4.87. The van der Waals surface area contributed by atoms with E-state index < -0.39 is 12.4 Å². The van der Waals surface area contributed by atoms with E-state index in [2.05, 4.69) is 5.32 Å². The number of anilines is 1. The lowest BCUT2D eigenvalue weighted by Gasteiger charge is -2.08. The molecule has 0 fully saturated rings. The van der Waals surface area contributed by atoms with E-state index in [4.69, 9.17) is 9.84 Å². The van der Waals surface area contributed by atoms with Crippen LogP contribution in [0.25, 0.3) is 0 Å². The molecule has 0 atom stereocenters. The van der Waals surface area contributed by atoms with E-state index in [0.717, 1.165) is 0 Å². The topological polar surface area (TPSA) is 75.6 Å². The van der Waals surface area contributed by atoms with E-state index in [9.17, 15) is 14.0 Å². The van der Waals surface area contributed by atoms with Crippen LogP contribution in [0.1, 0.15) is 6.42 Å². The van der Waals surface area contributed by atoms with Crippen LogP contribution in [-0.4, -0.2) is 23.5 Å². The zero-order valence-electron chi connectivity index (χ0n) is 9.27. The Hall–Kier alpha value is -2.37. The highest BCUT2D eigenvalue weighted by molar-refractivity contribution is 6.02. The van der Waals surface area contributed by atoms with Crippen LogP contribution in [-0.2, 0) is 14.3 Å². The van der Waals surface area contributed by atoms with Crippen molar-refractivity contribution in [2.24, 2.45) is 0 Å². The molecule has 1 heterocycles. The summed E-state index contributed by atoms with van der Waals surface area (Å²) >= 11 is 0. The highest BCUT2D eigenvalue weighted by Crippen LogP contribution is 2.21. The molecule has 94 valence electrons. The maximum absolute atomic E-state index is 12.7. The van der Waals surface area contributed by atoms with Gasteiger partial charge in [0.2, 0.25) is 5.78 Å². The molecule has 1 aromatic rings. The average Bonchev–Trinajstić information content (AvgIpc) is 2.64. The highest BCUT2D eigenvalue weighted by atomic mass is 19.1. The number of nitrogens with one attached hydrogen (secondary N) is 1. The summed E-state index contributed by atoms with van der Waals surface area (Å²) in [6.07, 6.45) is -0.400. The van der Waals surface area contributed by atoms with E-state index in [0.29, 0.717) is 5.69 Å². The first-order valence-corrected chi connectivity index (χ1v) is 5.20. The van der Waals surface area contributed by atoms with Gasteiger partial charge in [-0.3, -0.25) is 9.59 Å². The lowest BCUT2D eigenvalue weighted by atomic mass is 10.1. The zero-order chi connectivity index (χ0) is 13.1. The fraction of sp³-hybridized carbons (Fsp3) is 0.167. The summed E-state index contributed by atoms with van der Waals surface area (Å²) in [6, 6.07) is 5.42. The van der Waals surface area contributed by atoms with Crippen LogP contribution >= 0.6 is 0 Å². The number of benzene rings is 1. The summed E-state index contributed by atoms with van der Waals surface area (Å²) in [6.45, 7) is -0.174. The number of hydrogen-bond acceptors (Lipinski definition) is 4. The van der Waals surface area contributed by atoms with E-state index in [1.807, 2.05) is 0 Å². The SMILES string of the molecule is O=C(O)CC1=C(Nc2ccc(F)cc2)OCC1=O. The number of carbonyl (C=O) groups is 2. The van der Waals surface area contributed by atoms with Crippen LogP contribution < -0.4 is 5.32 Å². The second-order valence-corrected chi connectivity index (χ2v) is 3.72. The van der Waals surface area contributed by atoms with Crippen molar-refractivity contribution < 1.29 is 23.8 Å². The summed E-state index contributed by atoms with van der Waals surface area (Å²) < 4.78 is 17.8. The maximum Gasteiger partial charge on any atom is 0.308 e. The minimum absolute atomic E-state index is 0.0897. The van der Waals surface area contributed by atoms with Gasteiger partial charge >= 0.3 is 5.97 Å². The normalized spacial score (nSPS) is 14.6. The third-order valence-corrected chi connectivity index (χ3v) is 2.39. The first kappa shape index (κ1) is 12.1. The Balaban J connectivity index is 2.20. The molecule has 0 radical (unpaired) electrons. The smallest absolute Gasteiger partial charge is 0.308 e. The molecule has 18 heavy (non-hydrogen) atoms. The molecule has 0 spiro atoms. The van der Waals surface area contributed by atoms with Gasteiger partial charge in [-0.1, -0.05) is 0 Å². The summed E-state index contributed by atoms with van der Waals surface area (Å²) in [7, 11) is 0. The van der Waals surface area contributed by atoms with E-state index in [-0.39, 0.29) is 29.7 Å². The van der Waals surface area contributed by atoms with Crippen molar-refractivity contribution in [3.63, 3.8) is 0 Å². The maximum atomic E-state index is 12.7. The molecule has 5 nitrogen and oxygen atoms in total. The van der Waals surface area contributed by atoms with Gasteiger partial charge < -0.3 is 15.2 Å². The molecule has 0 aromatic heterocycles. The Labute approximate surface area is 102 Å². The number of ketones is 1. The Morgan fingerprint density at radius 2 is 2.06 bits per heavy atom. The Morgan fingerprint density at radius 1 is 1.39 bits per heavy atom. The number of carbonyl (C=O) groups excluding carboxylic acids is 1. The number of Topliss-reactive ketones (excluding diaryl/α,β-unsaturated/α-hetero) is 1. The number of carboxylic acid groups (broad SMARTS) is 1. The van der Waals surface area contributed by atoms with Crippen molar-refractivity contribution in [3.05, 3.63) is 41.5 Å². The number of halogens is 1. The molecule has 0 amide bonds. The van der Waals surface area contributed by atoms with E-state index in [1.54, 1.807) is 0 Å².